The molecule has 1 N–H and O–H groups in total. The van der Waals surface area contributed by atoms with Gasteiger partial charge in [-0.05, 0) is 42.3 Å². The molecule has 11 heteroatoms. The molecule has 1 aliphatic heterocycles. The third-order valence-electron chi connectivity index (χ3n) is 4.95. The lowest BCUT2D eigenvalue weighted by molar-refractivity contribution is -0.131. The number of sulfonamides is 1. The summed E-state index contributed by atoms with van der Waals surface area (Å²) in [5, 5.41) is 2.61. The molecule has 1 atom stereocenters. The number of rotatable bonds is 7. The predicted molar refractivity (Wildman–Crippen MR) is 107 cm³/mol. The Morgan fingerprint density at radius 3 is 2.35 bits per heavy atom. The van der Waals surface area contributed by atoms with Crippen LogP contribution < -0.4 is 10.1 Å². The van der Waals surface area contributed by atoms with E-state index in [4.69, 9.17) is 0 Å². The number of amides is 3. The number of carbonyl (C=O) groups excluding carboxylic acids is 2. The molecule has 0 spiro atoms. The normalized spacial score (nSPS) is 19.3. The van der Waals surface area contributed by atoms with E-state index < -0.39 is 34.1 Å². The molecule has 0 unspecified atom stereocenters. The van der Waals surface area contributed by atoms with Crippen LogP contribution in [-0.2, 0) is 26.9 Å². The SMILES string of the molecule is CN(C)S(=O)(=O)c1cccc(CN2C(=O)N[C@](C)(c3ccc(OC(F)F)cc3)C2=O)c1. The van der Waals surface area contributed by atoms with Crippen LogP contribution >= 0.6 is 0 Å². The molecule has 0 bridgehead atoms. The van der Waals surface area contributed by atoms with Crippen molar-refractivity contribution in [2.45, 2.75) is 30.5 Å². The molecule has 2 aromatic rings. The van der Waals surface area contributed by atoms with Gasteiger partial charge in [0.2, 0.25) is 10.0 Å². The summed E-state index contributed by atoms with van der Waals surface area (Å²) < 4.78 is 54.7. The van der Waals surface area contributed by atoms with Gasteiger partial charge >= 0.3 is 12.6 Å². The third-order valence-corrected chi connectivity index (χ3v) is 6.76. The first-order valence-corrected chi connectivity index (χ1v) is 10.6. The highest BCUT2D eigenvalue weighted by atomic mass is 32.2. The fourth-order valence-electron chi connectivity index (χ4n) is 3.20. The second-order valence-electron chi connectivity index (χ2n) is 7.28. The molecular weight excluding hydrogens is 432 g/mol. The van der Waals surface area contributed by atoms with Gasteiger partial charge in [0, 0.05) is 14.1 Å². The van der Waals surface area contributed by atoms with Gasteiger partial charge < -0.3 is 10.1 Å². The van der Waals surface area contributed by atoms with Crippen LogP contribution in [0.25, 0.3) is 0 Å². The van der Waals surface area contributed by atoms with E-state index in [0.29, 0.717) is 11.1 Å². The van der Waals surface area contributed by atoms with Gasteiger partial charge in [-0.3, -0.25) is 9.69 Å². The van der Waals surface area contributed by atoms with E-state index in [9.17, 15) is 26.8 Å². The number of alkyl halides is 2. The zero-order valence-electron chi connectivity index (χ0n) is 17.0. The van der Waals surface area contributed by atoms with Crippen LogP contribution in [0.2, 0.25) is 0 Å². The molecule has 3 amide bonds. The van der Waals surface area contributed by atoms with Gasteiger partial charge in [-0.15, -0.1) is 0 Å². The minimum Gasteiger partial charge on any atom is -0.435 e. The average Bonchev–Trinajstić information content (AvgIpc) is 2.92. The number of halogens is 2. The van der Waals surface area contributed by atoms with Crippen LogP contribution in [0.3, 0.4) is 0 Å². The van der Waals surface area contributed by atoms with Gasteiger partial charge in [0.15, 0.2) is 0 Å². The van der Waals surface area contributed by atoms with Crippen LogP contribution in [0.5, 0.6) is 5.75 Å². The van der Waals surface area contributed by atoms with Crippen molar-refractivity contribution >= 4 is 22.0 Å². The summed E-state index contributed by atoms with van der Waals surface area (Å²) in [5.41, 5.74) is -0.566. The fraction of sp³-hybridized carbons (Fsp3) is 0.300. The van der Waals surface area contributed by atoms with E-state index in [-0.39, 0.29) is 17.2 Å². The van der Waals surface area contributed by atoms with Gasteiger partial charge in [0.1, 0.15) is 11.3 Å². The van der Waals surface area contributed by atoms with Crippen molar-refractivity contribution in [2.75, 3.05) is 14.1 Å². The second-order valence-corrected chi connectivity index (χ2v) is 9.44. The smallest absolute Gasteiger partial charge is 0.387 e. The molecular formula is C20H21F2N3O5S. The summed E-state index contributed by atoms with van der Waals surface area (Å²) in [6.07, 6.45) is 0. The summed E-state index contributed by atoms with van der Waals surface area (Å²) in [5.74, 6) is -0.629. The molecule has 31 heavy (non-hydrogen) atoms. The van der Waals surface area contributed by atoms with E-state index in [1.807, 2.05) is 0 Å². The molecule has 1 heterocycles. The molecule has 0 aromatic heterocycles. The molecule has 0 radical (unpaired) electrons. The number of hydrogen-bond acceptors (Lipinski definition) is 5. The molecule has 1 aliphatic rings. The number of nitrogens with one attached hydrogen (secondary N) is 1. The average molecular weight is 453 g/mol. The summed E-state index contributed by atoms with van der Waals surface area (Å²) in [6.45, 7) is -1.61. The van der Waals surface area contributed by atoms with Crippen molar-refractivity contribution in [2.24, 2.45) is 0 Å². The number of benzene rings is 2. The number of carbonyl (C=O) groups is 2. The van der Waals surface area contributed by atoms with E-state index >= 15 is 0 Å². The van der Waals surface area contributed by atoms with Crippen molar-refractivity contribution in [3.63, 3.8) is 0 Å². The highest BCUT2D eigenvalue weighted by Gasteiger charge is 2.48. The van der Waals surface area contributed by atoms with Crippen LogP contribution in [0.15, 0.2) is 53.4 Å². The Hall–Kier alpha value is -3.05. The highest BCUT2D eigenvalue weighted by Crippen LogP contribution is 2.31. The topological polar surface area (TPSA) is 96.0 Å². The van der Waals surface area contributed by atoms with Crippen molar-refractivity contribution in [3.05, 3.63) is 59.7 Å². The first-order chi connectivity index (χ1) is 14.4. The molecule has 0 aliphatic carbocycles. The lowest BCUT2D eigenvalue weighted by Crippen LogP contribution is -2.40. The van der Waals surface area contributed by atoms with E-state index in [0.717, 1.165) is 9.21 Å². The van der Waals surface area contributed by atoms with Crippen molar-refractivity contribution in [3.8, 4) is 5.75 Å². The zero-order chi connectivity index (χ0) is 23.0. The van der Waals surface area contributed by atoms with Gasteiger partial charge in [-0.25, -0.2) is 17.5 Å². The molecule has 3 rings (SSSR count). The largest absolute Gasteiger partial charge is 0.435 e. The fourth-order valence-corrected chi connectivity index (χ4v) is 4.18. The van der Waals surface area contributed by atoms with Gasteiger partial charge in [0.05, 0.1) is 11.4 Å². The Kier molecular flexibility index (Phi) is 6.01. The summed E-state index contributed by atoms with van der Waals surface area (Å²) in [6, 6.07) is 10.7. The predicted octanol–water partition coefficient (Wildman–Crippen LogP) is 2.51. The Bertz CT molecular complexity index is 1110. The quantitative estimate of drug-likeness (QED) is 0.650. The molecule has 8 nitrogen and oxygen atoms in total. The van der Waals surface area contributed by atoms with Crippen molar-refractivity contribution < 1.29 is 31.5 Å². The van der Waals surface area contributed by atoms with Gasteiger partial charge in [-0.2, -0.15) is 8.78 Å². The van der Waals surface area contributed by atoms with Crippen molar-refractivity contribution in [1.82, 2.24) is 14.5 Å². The molecule has 2 aromatic carbocycles. The number of urea groups is 1. The standard InChI is InChI=1S/C20H21F2N3O5S/c1-20(14-7-9-15(10-8-14)30-18(21)22)17(26)25(19(27)23-20)12-13-5-4-6-16(11-13)31(28,29)24(2)3/h4-11,18H,12H2,1-3H3,(H,23,27)/t20-/m1/s1. The second kappa shape index (κ2) is 8.23. The number of hydrogen-bond donors (Lipinski definition) is 1. The minimum atomic E-state index is -3.67. The molecule has 0 saturated carbocycles. The third kappa shape index (κ3) is 4.37. The maximum absolute atomic E-state index is 13.1. The summed E-state index contributed by atoms with van der Waals surface area (Å²) in [4.78, 5) is 26.6. The molecule has 1 fully saturated rings. The first-order valence-electron chi connectivity index (χ1n) is 9.16. The highest BCUT2D eigenvalue weighted by molar-refractivity contribution is 7.89. The van der Waals surface area contributed by atoms with Crippen LogP contribution in [0.4, 0.5) is 13.6 Å². The van der Waals surface area contributed by atoms with Crippen LogP contribution in [-0.4, -0.2) is 50.3 Å². The van der Waals surface area contributed by atoms with Gasteiger partial charge in [-0.1, -0.05) is 24.3 Å². The Balaban J connectivity index is 1.84. The van der Waals surface area contributed by atoms with E-state index in [1.165, 1.54) is 63.5 Å². The Labute approximate surface area is 178 Å². The van der Waals surface area contributed by atoms with E-state index in [1.54, 1.807) is 6.07 Å². The van der Waals surface area contributed by atoms with Crippen LogP contribution in [0, 0.1) is 0 Å². The van der Waals surface area contributed by atoms with Crippen molar-refractivity contribution in [1.29, 1.82) is 0 Å². The summed E-state index contributed by atoms with van der Waals surface area (Å²) in [7, 11) is -0.864. The lowest BCUT2D eigenvalue weighted by atomic mass is 9.92. The molecule has 166 valence electrons. The maximum Gasteiger partial charge on any atom is 0.387 e. The van der Waals surface area contributed by atoms with Crippen LogP contribution in [0.1, 0.15) is 18.1 Å². The number of ether oxygens (including phenoxy) is 1. The Morgan fingerprint density at radius 1 is 1.13 bits per heavy atom. The number of imide groups is 1. The maximum atomic E-state index is 13.1. The first kappa shape index (κ1) is 22.6. The lowest BCUT2D eigenvalue weighted by Gasteiger charge is -2.22. The summed E-state index contributed by atoms with van der Waals surface area (Å²) >= 11 is 0. The van der Waals surface area contributed by atoms with E-state index in [2.05, 4.69) is 10.1 Å². The zero-order valence-corrected chi connectivity index (χ0v) is 17.8. The Morgan fingerprint density at radius 2 is 1.77 bits per heavy atom. The minimum absolute atomic E-state index is 0.0411. The molecule has 1 saturated heterocycles. The monoisotopic (exact) mass is 453 g/mol. The number of nitrogens with zero attached hydrogens (tertiary/aromatic N) is 2. The van der Waals surface area contributed by atoms with Gasteiger partial charge in [0.25, 0.3) is 5.91 Å².